The summed E-state index contributed by atoms with van der Waals surface area (Å²) in [5.74, 6) is -0.685. The molecule has 8 aliphatic carbocycles. The summed E-state index contributed by atoms with van der Waals surface area (Å²) >= 11 is 0. The molecule has 2 spiro atoms. The van der Waals surface area contributed by atoms with E-state index in [-0.39, 0.29) is 113 Å². The fourth-order valence-electron chi connectivity index (χ4n) is 24.2. The number of allylic oxidation sites excluding steroid dienone is 4. The van der Waals surface area contributed by atoms with Crippen molar-refractivity contribution >= 4 is 35.1 Å². The Morgan fingerprint density at radius 3 is 2.40 bits per heavy atom. The van der Waals surface area contributed by atoms with Gasteiger partial charge in [-0.3, -0.25) is 4.79 Å². The monoisotopic (exact) mass is 1360 g/mol. The first-order chi connectivity index (χ1) is 49.8. The Kier molecular flexibility index (Phi) is 16.9. The number of aliphatic hydroxyl groups excluding tert-OH is 3. The molecule has 5 heterocycles. The molecule has 7 aromatic rings. The molecule has 12 aliphatic rings. The molecule has 4 aliphatic heterocycles. The van der Waals surface area contributed by atoms with Crippen molar-refractivity contribution in [2.24, 2.45) is 46.8 Å². The standard InChI is InChI=1S/C91H96O11/c1-52(49-93)71-46-79-69-35-29-57-43-72(69)60(48-90(79)40-13-20-61(90)30-25-53-14-5-4-6-15-53)44-74-67-34-27-54-16-7-9-21-65(54)73(67)47-78(74)89(2)86(101-87(71)96)85(83-80(102-89)38-37-70-75(50-94)82(88(97)100-84(70)83)58(39-41-92)51-98-3)99-81(95)45-59-42-56(28-33-64(57)59)66-22-12-24-77-68(66)36-32-63-19-11-18-62-31-26-55-17-8-10-23-76(55)91(62,63)77/h4-10,12,14-17,21-24,26-29,31,33-35,37-38,43,56,58-64,67,73-74,78-79,85-86,92-94H,11,13,18-20,25,30,32,36,39-42,44-51H2,1-3H3/b71-52-/t56-,58-,59+,60-,61+,62+,63-,64+,67+,73-,74-,78-,79+,85-,86+,89+,90+,91-/m1/s1. The fourth-order valence-corrected chi connectivity index (χ4v) is 24.2. The Labute approximate surface area is 599 Å². The first kappa shape index (κ1) is 66.1. The minimum atomic E-state index is -1.40. The molecule has 1 aromatic heterocycles. The van der Waals surface area contributed by atoms with Crippen molar-refractivity contribution in [1.82, 2.24) is 0 Å². The van der Waals surface area contributed by atoms with E-state index >= 15 is 14.4 Å². The summed E-state index contributed by atoms with van der Waals surface area (Å²) in [6, 6.07) is 47.0. The molecule has 102 heavy (non-hydrogen) atoms. The highest BCUT2D eigenvalue weighted by atomic mass is 16.6. The van der Waals surface area contributed by atoms with E-state index in [1.165, 1.54) is 81.1 Å². The minimum Gasteiger partial charge on any atom is -0.483 e. The van der Waals surface area contributed by atoms with Crippen LogP contribution in [0.3, 0.4) is 0 Å². The molecule has 11 heteroatoms. The van der Waals surface area contributed by atoms with E-state index in [1.54, 1.807) is 0 Å². The Balaban J connectivity index is 0.863. The van der Waals surface area contributed by atoms with Crippen LogP contribution in [0.5, 0.6) is 5.75 Å². The Bertz CT molecular complexity index is 4660. The molecule has 0 radical (unpaired) electrons. The molecule has 526 valence electrons. The minimum absolute atomic E-state index is 0.00490. The van der Waals surface area contributed by atoms with E-state index in [9.17, 15) is 15.3 Å². The second-order valence-corrected chi connectivity index (χ2v) is 32.9. The van der Waals surface area contributed by atoms with Crippen LogP contribution >= 0.6 is 0 Å². The molecule has 6 aromatic carbocycles. The van der Waals surface area contributed by atoms with Crippen molar-refractivity contribution in [3.8, 4) is 5.75 Å². The third-order valence-electron chi connectivity index (χ3n) is 28.5. The number of methoxy groups -OCH3 is 1. The first-order valence-electron chi connectivity index (χ1n) is 38.6. The first-order valence-corrected chi connectivity index (χ1v) is 38.6. The molecule has 18 atom stereocenters. The van der Waals surface area contributed by atoms with Gasteiger partial charge in [0.05, 0.1) is 25.4 Å². The number of rotatable bonds is 11. The zero-order chi connectivity index (χ0) is 69.3. The highest BCUT2D eigenvalue weighted by Crippen LogP contribution is 2.69. The smallest absolute Gasteiger partial charge is 0.340 e. The van der Waals surface area contributed by atoms with E-state index < -0.39 is 47.9 Å². The van der Waals surface area contributed by atoms with Gasteiger partial charge in [-0.25, -0.2) is 9.59 Å². The van der Waals surface area contributed by atoms with Crippen LogP contribution in [0.25, 0.3) is 23.1 Å². The number of fused-ring (bicyclic) bond motifs is 15. The maximum atomic E-state index is 16.7. The molecular weight excluding hydrogens is 1270 g/mol. The Morgan fingerprint density at radius 1 is 0.745 bits per heavy atom. The second kappa shape index (κ2) is 26.0. The number of ether oxygens (including phenoxy) is 4. The van der Waals surface area contributed by atoms with E-state index in [0.29, 0.717) is 64.9 Å². The predicted molar refractivity (Wildman–Crippen MR) is 395 cm³/mol. The van der Waals surface area contributed by atoms with Gasteiger partial charge in [-0.15, -0.1) is 0 Å². The van der Waals surface area contributed by atoms with Gasteiger partial charge < -0.3 is 38.7 Å². The lowest BCUT2D eigenvalue weighted by Crippen LogP contribution is -2.59. The van der Waals surface area contributed by atoms with Gasteiger partial charge in [-0.1, -0.05) is 165 Å². The van der Waals surface area contributed by atoms with Gasteiger partial charge in [0.25, 0.3) is 0 Å². The van der Waals surface area contributed by atoms with Crippen molar-refractivity contribution in [3.05, 3.63) is 251 Å². The number of hydrogen-bond acceptors (Lipinski definition) is 11. The van der Waals surface area contributed by atoms with Gasteiger partial charge >= 0.3 is 17.6 Å². The van der Waals surface area contributed by atoms with Crippen molar-refractivity contribution in [3.63, 3.8) is 0 Å². The molecule has 7 bridgehead atoms. The highest BCUT2D eigenvalue weighted by Gasteiger charge is 2.64. The SMILES string of the molecule is COC[C@@H](CCO)c1c(CO)c2ccc3c(c2oc1=O)[C@H]1OC(=O)C[C@@H]2C[C@H](c4cccc5c4CC[C@H]4CCC[C@H]6C=Cc7ccccc7[C@]546)C=C[C@H]2c2ccc4c(c2)[C@@H]2C[C@@H]5[C@H]6C=Cc7ccccc7[C@H]6C[C@H]5[C@](C)(O3)[C@H]1OC(=O)/C(=C(/C)CO)C[C@@H]4[C@@]1(CCC[C@H]1CCc1ccccc1)C2. The molecule has 11 nitrogen and oxygen atoms in total. The van der Waals surface area contributed by atoms with Crippen LogP contribution in [-0.4, -0.2) is 65.9 Å². The number of esters is 2. The third-order valence-corrected chi connectivity index (χ3v) is 28.5. The lowest BCUT2D eigenvalue weighted by atomic mass is 9.48. The van der Waals surface area contributed by atoms with Gasteiger partial charge in [0.15, 0.2) is 17.8 Å². The largest absolute Gasteiger partial charge is 0.483 e. The maximum absolute atomic E-state index is 16.7. The van der Waals surface area contributed by atoms with E-state index in [0.717, 1.165) is 64.2 Å². The summed E-state index contributed by atoms with van der Waals surface area (Å²) in [7, 11) is 1.54. The quantitative estimate of drug-likeness (QED) is 0.0489. The number of carbonyl (C=O) groups is 2. The molecule has 3 saturated carbocycles. The summed E-state index contributed by atoms with van der Waals surface area (Å²) in [6.07, 6.45) is 26.5. The number of carbonyl (C=O) groups excluding carboxylic acids is 2. The Morgan fingerprint density at radius 2 is 1.56 bits per heavy atom. The predicted octanol–water partition coefficient (Wildman–Crippen LogP) is 17.4. The molecule has 3 N–H and O–H groups in total. The van der Waals surface area contributed by atoms with Gasteiger partial charge in [0.2, 0.25) is 0 Å². The maximum Gasteiger partial charge on any atom is 0.340 e. The molecule has 0 amide bonds. The molecular formula is C91H96O11. The third kappa shape index (κ3) is 10.3. The lowest BCUT2D eigenvalue weighted by molar-refractivity contribution is -0.202. The van der Waals surface area contributed by atoms with Crippen LogP contribution in [0, 0.1) is 46.8 Å². The number of aryl methyl sites for hydroxylation is 1. The van der Waals surface area contributed by atoms with Crippen molar-refractivity contribution < 1.29 is 48.3 Å². The molecule has 4 fully saturated rings. The van der Waals surface area contributed by atoms with Crippen molar-refractivity contribution in [2.45, 2.75) is 188 Å². The molecule has 1 saturated heterocycles. The number of hydrogen-bond donors (Lipinski definition) is 3. The topological polar surface area (TPSA) is 162 Å². The van der Waals surface area contributed by atoms with Crippen molar-refractivity contribution in [1.29, 1.82) is 0 Å². The summed E-state index contributed by atoms with van der Waals surface area (Å²) < 4.78 is 35.1. The average Bonchev–Trinajstić information content (AvgIpc) is 0.980. The van der Waals surface area contributed by atoms with Gasteiger partial charge in [-0.05, 0) is 247 Å². The molecule has 19 rings (SSSR count). The second-order valence-electron chi connectivity index (χ2n) is 32.9. The van der Waals surface area contributed by atoms with Gasteiger partial charge in [0, 0.05) is 65.7 Å². The summed E-state index contributed by atoms with van der Waals surface area (Å²) in [5.41, 5.74) is 14.0. The van der Waals surface area contributed by atoms with Crippen LogP contribution in [0.4, 0.5) is 0 Å². The van der Waals surface area contributed by atoms with Gasteiger partial charge in [0.1, 0.15) is 11.3 Å². The van der Waals surface area contributed by atoms with E-state index in [4.69, 9.17) is 23.4 Å². The number of benzene rings is 6. The van der Waals surface area contributed by atoms with Crippen LogP contribution in [0.1, 0.15) is 230 Å². The Hall–Kier alpha value is -7.93. The zero-order valence-corrected chi connectivity index (χ0v) is 59.2. The van der Waals surface area contributed by atoms with E-state index in [1.807, 2.05) is 19.1 Å². The summed E-state index contributed by atoms with van der Waals surface area (Å²) in [5, 5.41) is 33.9. The summed E-state index contributed by atoms with van der Waals surface area (Å²) in [4.78, 5) is 48.2. The lowest BCUT2D eigenvalue weighted by Gasteiger charge is -2.55. The number of aliphatic hydroxyl groups is 3. The highest BCUT2D eigenvalue weighted by molar-refractivity contribution is 5.91. The van der Waals surface area contributed by atoms with E-state index in [2.05, 4.69) is 159 Å². The van der Waals surface area contributed by atoms with Crippen LogP contribution in [-0.2, 0) is 48.7 Å². The normalized spacial score (nSPS) is 33.5. The van der Waals surface area contributed by atoms with Crippen LogP contribution in [0.15, 0.2) is 172 Å². The molecule has 0 unspecified atom stereocenters. The van der Waals surface area contributed by atoms with Crippen molar-refractivity contribution in [2.75, 3.05) is 26.9 Å². The average molecular weight is 1370 g/mol. The summed E-state index contributed by atoms with van der Waals surface area (Å²) in [6.45, 7) is 2.87. The zero-order valence-electron chi connectivity index (χ0n) is 59.2. The van der Waals surface area contributed by atoms with Gasteiger partial charge in [-0.2, -0.15) is 0 Å². The fraction of sp³-hybridized carbons (Fsp3) is 0.462. The van der Waals surface area contributed by atoms with Crippen LogP contribution in [0.2, 0.25) is 0 Å². The van der Waals surface area contributed by atoms with Crippen LogP contribution < -0.4 is 10.4 Å².